The van der Waals surface area contributed by atoms with Crippen LogP contribution in [0.5, 0.6) is 0 Å². The third kappa shape index (κ3) is 3.71. The minimum Gasteiger partial charge on any atom is -0.360 e. The van der Waals surface area contributed by atoms with Crippen molar-refractivity contribution in [3.05, 3.63) is 92.6 Å². The molecule has 2 aromatic carbocycles. The topological polar surface area (TPSA) is 66.5 Å². The van der Waals surface area contributed by atoms with Crippen molar-refractivity contribution in [2.45, 2.75) is 20.4 Å². The summed E-state index contributed by atoms with van der Waals surface area (Å²) < 4.78 is 28.0. The molecule has 3 aromatic rings. The van der Waals surface area contributed by atoms with Crippen LogP contribution in [0.25, 0.3) is 0 Å². The van der Waals surface area contributed by atoms with Crippen molar-refractivity contribution in [2.24, 2.45) is 0 Å². The zero-order valence-electron chi connectivity index (χ0n) is 16.0. The zero-order valence-corrected chi connectivity index (χ0v) is 17.7. The van der Waals surface area contributed by atoms with Gasteiger partial charge in [0, 0.05) is 11.9 Å². The van der Waals surface area contributed by atoms with Crippen molar-refractivity contribution in [3.63, 3.8) is 0 Å². The number of nitrogens with one attached hydrogen (secondary N) is 1. The number of hydrogen-bond acceptors (Lipinski definition) is 5. The number of aryl methyl sites for hydroxylation is 2. The van der Waals surface area contributed by atoms with E-state index in [0.29, 0.717) is 16.3 Å². The van der Waals surface area contributed by atoms with E-state index in [-0.39, 0.29) is 11.4 Å². The summed E-state index contributed by atoms with van der Waals surface area (Å²) in [6, 6.07) is 16.9. The van der Waals surface area contributed by atoms with E-state index in [1.165, 1.54) is 21.8 Å². The molecule has 148 valence electrons. The molecule has 1 aliphatic heterocycles. The van der Waals surface area contributed by atoms with Crippen LogP contribution in [0.4, 0.5) is 11.4 Å². The number of Topliss-reactive ketones (excluding diaryl/α,β-unsaturated/α-hetero) is 1. The van der Waals surface area contributed by atoms with Crippen LogP contribution in [0, 0.1) is 13.8 Å². The fourth-order valence-corrected chi connectivity index (χ4v) is 5.60. The summed E-state index contributed by atoms with van der Waals surface area (Å²) in [6.07, 6.45) is 1.30. The Morgan fingerprint density at radius 3 is 2.24 bits per heavy atom. The Bertz CT molecular complexity index is 1190. The lowest BCUT2D eigenvalue weighted by atomic mass is 10.1. The molecular formula is C22H20N2O3S2. The first-order chi connectivity index (χ1) is 13.9. The second-order valence-electron chi connectivity index (χ2n) is 6.98. The second-order valence-corrected chi connectivity index (χ2v) is 9.73. The van der Waals surface area contributed by atoms with Gasteiger partial charge in [0.15, 0.2) is 4.91 Å². The van der Waals surface area contributed by atoms with E-state index in [1.54, 1.807) is 11.4 Å². The standard InChI is InChI=1S/C22H20N2O3S2/c1-15-3-7-17(8-4-15)14-24-19-11-12-28-22(19)21(25)20(29(24,26)27)13-23-18-9-5-16(2)6-10-18/h3-13,23H,14H2,1-2H3. The van der Waals surface area contributed by atoms with Crippen molar-refractivity contribution < 1.29 is 13.2 Å². The molecule has 2 heterocycles. The van der Waals surface area contributed by atoms with E-state index in [9.17, 15) is 13.2 Å². The molecule has 0 aliphatic carbocycles. The van der Waals surface area contributed by atoms with Crippen LogP contribution in [0.1, 0.15) is 26.4 Å². The van der Waals surface area contributed by atoms with Crippen LogP contribution in [0.3, 0.4) is 0 Å². The van der Waals surface area contributed by atoms with Crippen LogP contribution in [0.2, 0.25) is 0 Å². The van der Waals surface area contributed by atoms with Gasteiger partial charge in [0.1, 0.15) is 4.88 Å². The number of fused-ring (bicyclic) bond motifs is 1. The third-order valence-electron chi connectivity index (χ3n) is 4.78. The van der Waals surface area contributed by atoms with E-state index < -0.39 is 15.8 Å². The molecule has 0 amide bonds. The number of hydrogen-bond donors (Lipinski definition) is 1. The predicted octanol–water partition coefficient (Wildman–Crippen LogP) is 4.85. The van der Waals surface area contributed by atoms with Gasteiger partial charge >= 0.3 is 0 Å². The minimum atomic E-state index is -3.99. The first kappa shape index (κ1) is 19.4. The number of ketones is 1. The van der Waals surface area contributed by atoms with Crippen molar-refractivity contribution in [2.75, 3.05) is 9.62 Å². The summed E-state index contributed by atoms with van der Waals surface area (Å²) >= 11 is 1.25. The molecule has 7 heteroatoms. The van der Waals surface area contributed by atoms with Gasteiger partial charge in [-0.15, -0.1) is 11.3 Å². The molecule has 0 spiro atoms. The maximum Gasteiger partial charge on any atom is 0.270 e. The van der Waals surface area contributed by atoms with Gasteiger partial charge in [0.05, 0.1) is 12.2 Å². The molecule has 0 fully saturated rings. The Hall–Kier alpha value is -2.90. The number of sulfonamides is 1. The molecule has 0 bridgehead atoms. The first-order valence-electron chi connectivity index (χ1n) is 9.10. The normalized spacial score (nSPS) is 16.7. The number of nitrogens with zero attached hydrogens (tertiary/aromatic N) is 1. The molecule has 1 aliphatic rings. The Kier molecular flexibility index (Phi) is 5.02. The van der Waals surface area contributed by atoms with Gasteiger partial charge in [-0.1, -0.05) is 47.5 Å². The third-order valence-corrected chi connectivity index (χ3v) is 7.45. The minimum absolute atomic E-state index is 0.168. The number of benzene rings is 2. The van der Waals surface area contributed by atoms with Gasteiger partial charge in [-0.05, 0) is 43.0 Å². The molecule has 5 nitrogen and oxygen atoms in total. The molecule has 29 heavy (non-hydrogen) atoms. The second kappa shape index (κ2) is 7.50. The molecule has 0 radical (unpaired) electrons. The summed E-state index contributed by atoms with van der Waals surface area (Å²) in [5.74, 6) is -0.477. The summed E-state index contributed by atoms with van der Waals surface area (Å²) in [7, 11) is -3.99. The number of allylic oxidation sites excluding steroid dienone is 1. The molecule has 4 rings (SSSR count). The molecule has 1 aromatic heterocycles. The largest absolute Gasteiger partial charge is 0.360 e. The monoisotopic (exact) mass is 424 g/mol. The lowest BCUT2D eigenvalue weighted by Crippen LogP contribution is -2.38. The lowest BCUT2D eigenvalue weighted by molar-refractivity contribution is 0.104. The van der Waals surface area contributed by atoms with Gasteiger partial charge in [0.25, 0.3) is 10.0 Å². The maximum atomic E-state index is 13.3. The van der Waals surface area contributed by atoms with E-state index in [4.69, 9.17) is 0 Å². The van der Waals surface area contributed by atoms with Crippen molar-refractivity contribution in [1.82, 2.24) is 0 Å². The van der Waals surface area contributed by atoms with E-state index >= 15 is 0 Å². The maximum absolute atomic E-state index is 13.3. The van der Waals surface area contributed by atoms with Gasteiger partial charge in [-0.25, -0.2) is 8.42 Å². The van der Waals surface area contributed by atoms with Crippen LogP contribution in [-0.4, -0.2) is 14.2 Å². The van der Waals surface area contributed by atoms with Gasteiger partial charge in [-0.3, -0.25) is 9.10 Å². The summed E-state index contributed by atoms with van der Waals surface area (Å²) in [5.41, 5.74) is 4.21. The molecule has 0 saturated carbocycles. The summed E-state index contributed by atoms with van der Waals surface area (Å²) in [6.45, 7) is 4.12. The first-order valence-corrected chi connectivity index (χ1v) is 11.4. The van der Waals surface area contributed by atoms with E-state index in [1.807, 2.05) is 62.4 Å². The highest BCUT2D eigenvalue weighted by molar-refractivity contribution is 7.97. The van der Waals surface area contributed by atoms with Crippen molar-refractivity contribution >= 4 is 38.5 Å². The van der Waals surface area contributed by atoms with Crippen LogP contribution in [-0.2, 0) is 16.6 Å². The molecule has 0 saturated heterocycles. The van der Waals surface area contributed by atoms with Crippen LogP contribution < -0.4 is 9.62 Å². The Labute approximate surface area is 174 Å². The highest BCUT2D eigenvalue weighted by Gasteiger charge is 2.41. The van der Waals surface area contributed by atoms with Gasteiger partial charge in [-0.2, -0.15) is 0 Å². The number of anilines is 2. The highest BCUT2D eigenvalue weighted by atomic mass is 32.2. The number of carbonyl (C=O) groups is 1. The Morgan fingerprint density at radius 2 is 1.59 bits per heavy atom. The predicted molar refractivity (Wildman–Crippen MR) is 118 cm³/mol. The number of thiophene rings is 1. The van der Waals surface area contributed by atoms with Crippen LogP contribution >= 0.6 is 11.3 Å². The zero-order chi connectivity index (χ0) is 20.6. The van der Waals surface area contributed by atoms with Gasteiger partial charge < -0.3 is 5.32 Å². The smallest absolute Gasteiger partial charge is 0.270 e. The fraction of sp³-hybridized carbons (Fsp3) is 0.136. The van der Waals surface area contributed by atoms with Crippen molar-refractivity contribution in [3.8, 4) is 0 Å². The lowest BCUT2D eigenvalue weighted by Gasteiger charge is -2.29. The SMILES string of the molecule is Cc1ccc(CN2c3ccsc3C(=O)C(=CNc3ccc(C)cc3)S2(=O)=O)cc1. The quantitative estimate of drug-likeness (QED) is 0.608. The highest BCUT2D eigenvalue weighted by Crippen LogP contribution is 2.39. The summed E-state index contributed by atoms with van der Waals surface area (Å²) in [5, 5.41) is 4.71. The van der Waals surface area contributed by atoms with E-state index in [0.717, 1.165) is 16.7 Å². The Morgan fingerprint density at radius 1 is 0.966 bits per heavy atom. The average molecular weight is 425 g/mol. The molecule has 1 N–H and O–H groups in total. The summed E-state index contributed by atoms with van der Waals surface area (Å²) in [4.78, 5) is 13.1. The molecular weight excluding hydrogens is 404 g/mol. The Balaban J connectivity index is 1.73. The van der Waals surface area contributed by atoms with Crippen LogP contribution in [0.15, 0.2) is 71.1 Å². The molecule has 0 unspecified atom stereocenters. The number of rotatable bonds is 4. The van der Waals surface area contributed by atoms with Crippen molar-refractivity contribution in [1.29, 1.82) is 0 Å². The van der Waals surface area contributed by atoms with Gasteiger partial charge in [0.2, 0.25) is 5.78 Å². The molecule has 0 atom stereocenters. The fourth-order valence-electron chi connectivity index (χ4n) is 3.11. The van der Waals surface area contributed by atoms with E-state index in [2.05, 4.69) is 5.32 Å². The average Bonchev–Trinajstić information content (AvgIpc) is 3.17. The number of carbonyl (C=O) groups excluding carboxylic acids is 1.